The van der Waals surface area contributed by atoms with Crippen molar-refractivity contribution in [1.82, 2.24) is 0 Å². The van der Waals surface area contributed by atoms with Crippen molar-refractivity contribution >= 4 is 47.5 Å². The van der Waals surface area contributed by atoms with Gasteiger partial charge in [-0.15, -0.1) is 0 Å². The number of hydrogen-bond acceptors (Lipinski definition) is 4. The molecule has 0 saturated heterocycles. The number of thiophene rings is 1. The summed E-state index contributed by atoms with van der Waals surface area (Å²) in [6.07, 6.45) is 5.67. The number of aromatic carboxylic acids is 1. The van der Waals surface area contributed by atoms with Gasteiger partial charge in [0, 0.05) is 16.6 Å². The summed E-state index contributed by atoms with van der Waals surface area (Å²) in [7, 11) is -2.06. The largest absolute Gasteiger partial charge is 0.478 e. The first-order valence-corrected chi connectivity index (χ1v) is 12.2. The Labute approximate surface area is 156 Å². The van der Waals surface area contributed by atoms with Gasteiger partial charge in [-0.1, -0.05) is 25.2 Å². The number of carboxylic acids is 1. The number of benzene rings is 1. The molecular formula is C20H18N2O2SSi. The van der Waals surface area contributed by atoms with Crippen LogP contribution < -0.4 is 10.9 Å². The fourth-order valence-corrected chi connectivity index (χ4v) is 7.72. The fourth-order valence-electron chi connectivity index (χ4n) is 3.81. The molecule has 26 heavy (non-hydrogen) atoms. The Balaban J connectivity index is 2.13. The van der Waals surface area contributed by atoms with E-state index in [1.807, 2.05) is 35.7 Å². The zero-order valence-electron chi connectivity index (χ0n) is 14.5. The van der Waals surface area contributed by atoms with Crippen LogP contribution in [0, 0.1) is 5.41 Å². The maximum atomic E-state index is 11.7. The fraction of sp³-hybridized carbons (Fsp3) is 0.100. The first kappa shape index (κ1) is 16.7. The van der Waals surface area contributed by atoms with Crippen LogP contribution in [0.2, 0.25) is 13.1 Å². The molecule has 4 nitrogen and oxygen atoms in total. The maximum Gasteiger partial charge on any atom is 0.337 e. The van der Waals surface area contributed by atoms with Gasteiger partial charge in [-0.05, 0) is 56.8 Å². The van der Waals surface area contributed by atoms with Gasteiger partial charge >= 0.3 is 5.97 Å². The van der Waals surface area contributed by atoms with Gasteiger partial charge in [-0.25, -0.2) is 4.79 Å². The third-order valence-corrected chi connectivity index (χ3v) is 9.37. The molecule has 0 radical (unpaired) electrons. The van der Waals surface area contributed by atoms with Gasteiger partial charge in [-0.3, -0.25) is 0 Å². The summed E-state index contributed by atoms with van der Waals surface area (Å²) in [5.74, 6) is -0.925. The van der Waals surface area contributed by atoms with Crippen LogP contribution in [0.5, 0.6) is 0 Å². The highest BCUT2D eigenvalue weighted by molar-refractivity contribution is 7.08. The van der Waals surface area contributed by atoms with Gasteiger partial charge < -0.3 is 16.2 Å². The lowest BCUT2D eigenvalue weighted by molar-refractivity contribution is 0.0697. The summed E-state index contributed by atoms with van der Waals surface area (Å²) in [5.41, 5.74) is 11.3. The van der Waals surface area contributed by atoms with E-state index in [1.165, 1.54) is 16.5 Å². The number of anilines is 1. The number of nitrogen functional groups attached to an aromatic ring is 1. The molecule has 4 rings (SSSR count). The molecule has 2 heterocycles. The van der Waals surface area contributed by atoms with Crippen LogP contribution >= 0.6 is 11.3 Å². The highest BCUT2D eigenvalue weighted by Gasteiger charge is 2.40. The minimum absolute atomic E-state index is 0.315. The number of nitrogens with two attached hydrogens (primary N) is 1. The van der Waals surface area contributed by atoms with E-state index in [2.05, 4.69) is 13.1 Å². The second-order valence-corrected chi connectivity index (χ2v) is 12.1. The average Bonchev–Trinajstić information content (AvgIpc) is 3.06. The molecule has 0 fully saturated rings. The molecule has 4 N–H and O–H groups in total. The molecule has 0 amide bonds. The van der Waals surface area contributed by atoms with Crippen LogP contribution in [0.1, 0.15) is 21.5 Å². The first-order chi connectivity index (χ1) is 12.3. The maximum absolute atomic E-state index is 11.7. The number of fused-ring (bicyclic) bond motifs is 2. The zero-order valence-corrected chi connectivity index (χ0v) is 16.3. The summed E-state index contributed by atoms with van der Waals surface area (Å²) in [4.78, 5) is 11.7. The molecule has 0 bridgehead atoms. The van der Waals surface area contributed by atoms with Gasteiger partial charge in [0.2, 0.25) is 0 Å². The first-order valence-electron chi connectivity index (χ1n) is 8.24. The van der Waals surface area contributed by atoms with Crippen molar-refractivity contribution in [2.24, 2.45) is 0 Å². The number of carboxylic acid groups (broad SMARTS) is 1. The Morgan fingerprint density at radius 1 is 1.19 bits per heavy atom. The topological polar surface area (TPSA) is 87.2 Å². The molecule has 6 heteroatoms. The lowest BCUT2D eigenvalue weighted by atomic mass is 9.89. The van der Waals surface area contributed by atoms with Crippen molar-refractivity contribution in [3.8, 4) is 0 Å². The van der Waals surface area contributed by atoms with Crippen molar-refractivity contribution in [3.05, 3.63) is 74.6 Å². The Morgan fingerprint density at radius 2 is 1.96 bits per heavy atom. The summed E-state index contributed by atoms with van der Waals surface area (Å²) in [6.45, 7) is 4.51. The van der Waals surface area contributed by atoms with Crippen molar-refractivity contribution in [2.75, 3.05) is 5.73 Å². The minimum atomic E-state index is -2.06. The summed E-state index contributed by atoms with van der Waals surface area (Å²) >= 11 is 1.39. The summed E-state index contributed by atoms with van der Waals surface area (Å²) in [5, 5.41) is 23.6. The molecule has 2 aromatic rings. The molecule has 0 saturated carbocycles. The van der Waals surface area contributed by atoms with E-state index in [0.717, 1.165) is 27.5 Å². The van der Waals surface area contributed by atoms with Crippen LogP contribution in [-0.4, -0.2) is 24.9 Å². The third-order valence-electron chi connectivity index (χ3n) is 5.11. The monoisotopic (exact) mass is 378 g/mol. The van der Waals surface area contributed by atoms with E-state index in [9.17, 15) is 9.90 Å². The van der Waals surface area contributed by atoms with Crippen molar-refractivity contribution in [1.29, 1.82) is 5.41 Å². The Hall–Kier alpha value is -2.70. The Kier molecular flexibility index (Phi) is 3.64. The summed E-state index contributed by atoms with van der Waals surface area (Å²) < 4.78 is 0. The molecule has 1 aromatic carbocycles. The van der Waals surface area contributed by atoms with Crippen LogP contribution in [0.15, 0.2) is 58.0 Å². The lowest BCUT2D eigenvalue weighted by Crippen LogP contribution is -2.49. The van der Waals surface area contributed by atoms with Crippen molar-refractivity contribution < 1.29 is 9.90 Å². The lowest BCUT2D eigenvalue weighted by Gasteiger charge is -2.37. The van der Waals surface area contributed by atoms with Crippen molar-refractivity contribution in [2.45, 2.75) is 13.1 Å². The van der Waals surface area contributed by atoms with Crippen molar-refractivity contribution in [3.63, 3.8) is 0 Å². The highest BCUT2D eigenvalue weighted by Crippen LogP contribution is 2.42. The number of nitrogens with one attached hydrogen (secondary N) is 1. The third kappa shape index (κ3) is 2.34. The molecule has 0 unspecified atom stereocenters. The molecule has 0 spiro atoms. The van der Waals surface area contributed by atoms with Gasteiger partial charge in [0.1, 0.15) is 8.07 Å². The van der Waals surface area contributed by atoms with E-state index < -0.39 is 14.0 Å². The Bertz CT molecular complexity index is 1070. The molecule has 130 valence electrons. The number of carbonyl (C=O) groups is 1. The Morgan fingerprint density at radius 3 is 2.69 bits per heavy atom. The van der Waals surface area contributed by atoms with Gasteiger partial charge in [0.25, 0.3) is 0 Å². The van der Waals surface area contributed by atoms with E-state index in [-0.39, 0.29) is 0 Å². The zero-order chi connectivity index (χ0) is 18.6. The van der Waals surface area contributed by atoms with E-state index in [4.69, 9.17) is 11.1 Å². The smallest absolute Gasteiger partial charge is 0.337 e. The number of allylic oxidation sites excluding steroid dienone is 5. The van der Waals surface area contributed by atoms with Crippen LogP contribution in [0.4, 0.5) is 5.69 Å². The van der Waals surface area contributed by atoms with Crippen LogP contribution in [-0.2, 0) is 0 Å². The quantitative estimate of drug-likeness (QED) is 0.548. The molecule has 0 atom stereocenters. The molecule has 2 aliphatic rings. The number of hydrogen-bond donors (Lipinski definition) is 3. The molecular weight excluding hydrogens is 360 g/mol. The second kappa shape index (κ2) is 5.65. The van der Waals surface area contributed by atoms with E-state index >= 15 is 0 Å². The minimum Gasteiger partial charge on any atom is -0.478 e. The van der Waals surface area contributed by atoms with Gasteiger partial charge in [0.15, 0.2) is 0 Å². The summed E-state index contributed by atoms with van der Waals surface area (Å²) in [6, 6.07) is 5.91. The second-order valence-electron chi connectivity index (χ2n) is 7.07. The average molecular weight is 379 g/mol. The number of rotatable bonds is 2. The predicted molar refractivity (Wildman–Crippen MR) is 110 cm³/mol. The van der Waals surface area contributed by atoms with Crippen LogP contribution in [0.25, 0.3) is 5.57 Å². The highest BCUT2D eigenvalue weighted by atomic mass is 32.1. The molecule has 1 aliphatic carbocycles. The standard InChI is InChI=1S/C20H18N2O2SSi/c1-26(2)17-7-11(21)3-5-13(17)19(14-6-4-12(22)8-18(14)26)15-9-25-10-16(15)20(23)24/h3-10,21H,22H2,1-2H3,(H,23,24). The van der Waals surface area contributed by atoms with Crippen LogP contribution in [0.3, 0.4) is 0 Å². The SMILES string of the molecule is C[Si]1(C)C2=CC(=N)C=CC2=C(c2cscc2C(=O)O)c2ccc(N)cc21. The normalized spacial score (nSPS) is 17.6. The molecule has 1 aliphatic heterocycles. The molecule has 1 aromatic heterocycles. The van der Waals surface area contributed by atoms with E-state index in [0.29, 0.717) is 17.0 Å². The van der Waals surface area contributed by atoms with Gasteiger partial charge in [0.05, 0.1) is 11.3 Å². The van der Waals surface area contributed by atoms with Gasteiger partial charge in [-0.2, -0.15) is 11.3 Å². The predicted octanol–water partition coefficient (Wildman–Crippen LogP) is 3.81. The van der Waals surface area contributed by atoms with E-state index in [1.54, 1.807) is 11.5 Å².